The second-order valence-electron chi connectivity index (χ2n) is 4.66. The SMILES string of the molecule is Cn1cnc(CNCC2Cc3cc(F)ccc3O2)n1. The summed E-state index contributed by atoms with van der Waals surface area (Å²) in [5.74, 6) is 1.32. The average Bonchev–Trinajstić information content (AvgIpc) is 2.95. The fraction of sp³-hybridized carbons (Fsp3) is 0.385. The van der Waals surface area contributed by atoms with Gasteiger partial charge in [0, 0.05) is 25.6 Å². The lowest BCUT2D eigenvalue weighted by atomic mass is 10.1. The molecule has 0 saturated heterocycles. The number of hydrogen-bond acceptors (Lipinski definition) is 4. The second kappa shape index (κ2) is 4.97. The number of nitrogens with one attached hydrogen (secondary N) is 1. The van der Waals surface area contributed by atoms with Crippen LogP contribution in [0.4, 0.5) is 4.39 Å². The molecule has 100 valence electrons. The first kappa shape index (κ1) is 12.1. The van der Waals surface area contributed by atoms with E-state index in [0.717, 1.165) is 23.6 Å². The molecule has 1 atom stereocenters. The molecule has 6 heteroatoms. The summed E-state index contributed by atoms with van der Waals surface area (Å²) in [6.07, 6.45) is 2.44. The Morgan fingerprint density at radius 2 is 2.42 bits per heavy atom. The van der Waals surface area contributed by atoms with Crippen LogP contribution in [-0.2, 0) is 20.0 Å². The summed E-state index contributed by atoms with van der Waals surface area (Å²) in [4.78, 5) is 4.13. The van der Waals surface area contributed by atoms with Gasteiger partial charge >= 0.3 is 0 Å². The van der Waals surface area contributed by atoms with Crippen molar-refractivity contribution >= 4 is 0 Å². The molecule has 1 aromatic carbocycles. The van der Waals surface area contributed by atoms with Crippen LogP contribution in [-0.4, -0.2) is 27.4 Å². The number of nitrogens with zero attached hydrogens (tertiary/aromatic N) is 3. The topological polar surface area (TPSA) is 52.0 Å². The van der Waals surface area contributed by atoms with E-state index in [2.05, 4.69) is 15.4 Å². The van der Waals surface area contributed by atoms with Crippen molar-refractivity contribution in [1.29, 1.82) is 0 Å². The molecule has 1 unspecified atom stereocenters. The Hall–Kier alpha value is -1.95. The lowest BCUT2D eigenvalue weighted by Gasteiger charge is -2.10. The number of ether oxygens (including phenoxy) is 1. The summed E-state index contributed by atoms with van der Waals surface area (Å²) >= 11 is 0. The van der Waals surface area contributed by atoms with E-state index < -0.39 is 0 Å². The maximum absolute atomic E-state index is 13.1. The molecule has 1 aromatic heterocycles. The minimum atomic E-state index is -0.214. The molecule has 19 heavy (non-hydrogen) atoms. The van der Waals surface area contributed by atoms with Gasteiger partial charge in [-0.05, 0) is 18.2 Å². The summed E-state index contributed by atoms with van der Waals surface area (Å²) in [7, 11) is 1.84. The number of hydrogen-bond donors (Lipinski definition) is 1. The first-order chi connectivity index (χ1) is 9.20. The largest absolute Gasteiger partial charge is 0.488 e. The smallest absolute Gasteiger partial charge is 0.164 e. The predicted octanol–water partition coefficient (Wildman–Crippen LogP) is 1.05. The number of aryl methyl sites for hydroxylation is 1. The zero-order valence-electron chi connectivity index (χ0n) is 10.6. The standard InChI is InChI=1S/C13H15FN4O/c1-18-8-16-13(17-18)7-15-6-11-5-9-4-10(14)2-3-12(9)19-11/h2-4,8,11,15H,5-7H2,1H3. The van der Waals surface area contributed by atoms with Crippen LogP contribution in [0.5, 0.6) is 5.75 Å². The fourth-order valence-electron chi connectivity index (χ4n) is 2.21. The van der Waals surface area contributed by atoms with Crippen molar-refractivity contribution in [3.63, 3.8) is 0 Å². The van der Waals surface area contributed by atoms with Crippen LogP contribution in [0.25, 0.3) is 0 Å². The quantitative estimate of drug-likeness (QED) is 0.894. The Labute approximate surface area is 110 Å². The molecule has 3 rings (SSSR count). The second-order valence-corrected chi connectivity index (χ2v) is 4.66. The molecule has 1 N–H and O–H groups in total. The molecule has 0 bridgehead atoms. The molecular weight excluding hydrogens is 247 g/mol. The maximum Gasteiger partial charge on any atom is 0.164 e. The number of benzene rings is 1. The Kier molecular flexibility index (Phi) is 3.16. The molecule has 1 aliphatic heterocycles. The van der Waals surface area contributed by atoms with E-state index >= 15 is 0 Å². The van der Waals surface area contributed by atoms with Gasteiger partial charge in [0.1, 0.15) is 24.0 Å². The van der Waals surface area contributed by atoms with Gasteiger partial charge in [-0.25, -0.2) is 9.37 Å². The van der Waals surface area contributed by atoms with Crippen molar-refractivity contribution in [2.24, 2.45) is 7.05 Å². The first-order valence-electron chi connectivity index (χ1n) is 6.21. The Bertz CT molecular complexity index is 584. The van der Waals surface area contributed by atoms with E-state index in [9.17, 15) is 4.39 Å². The lowest BCUT2D eigenvalue weighted by Crippen LogP contribution is -2.30. The van der Waals surface area contributed by atoms with Gasteiger partial charge in [0.15, 0.2) is 5.82 Å². The summed E-state index contributed by atoms with van der Waals surface area (Å²) in [6, 6.07) is 4.65. The van der Waals surface area contributed by atoms with E-state index in [1.807, 2.05) is 7.05 Å². The van der Waals surface area contributed by atoms with Crippen molar-refractivity contribution in [2.75, 3.05) is 6.54 Å². The zero-order chi connectivity index (χ0) is 13.2. The molecule has 1 aliphatic rings. The van der Waals surface area contributed by atoms with Crippen molar-refractivity contribution in [3.8, 4) is 5.75 Å². The van der Waals surface area contributed by atoms with E-state index in [1.54, 1.807) is 17.1 Å². The van der Waals surface area contributed by atoms with Gasteiger partial charge in [0.05, 0.1) is 6.54 Å². The lowest BCUT2D eigenvalue weighted by molar-refractivity contribution is 0.227. The Morgan fingerprint density at radius 3 is 3.21 bits per heavy atom. The highest BCUT2D eigenvalue weighted by Crippen LogP contribution is 2.28. The monoisotopic (exact) mass is 262 g/mol. The van der Waals surface area contributed by atoms with Crippen molar-refractivity contribution in [3.05, 3.63) is 41.7 Å². The number of fused-ring (bicyclic) bond motifs is 1. The summed E-state index contributed by atoms with van der Waals surface area (Å²) in [6.45, 7) is 1.29. The van der Waals surface area contributed by atoms with Crippen LogP contribution in [0.1, 0.15) is 11.4 Å². The molecule has 0 fully saturated rings. The number of rotatable bonds is 4. The highest BCUT2D eigenvalue weighted by Gasteiger charge is 2.22. The van der Waals surface area contributed by atoms with Gasteiger partial charge in [-0.15, -0.1) is 0 Å². The van der Waals surface area contributed by atoms with Crippen LogP contribution < -0.4 is 10.1 Å². The van der Waals surface area contributed by atoms with Crippen LogP contribution in [0.15, 0.2) is 24.5 Å². The molecule has 0 amide bonds. The highest BCUT2D eigenvalue weighted by atomic mass is 19.1. The minimum Gasteiger partial charge on any atom is -0.488 e. The Morgan fingerprint density at radius 1 is 1.53 bits per heavy atom. The van der Waals surface area contributed by atoms with Crippen molar-refractivity contribution in [1.82, 2.24) is 20.1 Å². The number of aromatic nitrogens is 3. The fourth-order valence-corrected chi connectivity index (χ4v) is 2.21. The third-order valence-corrected chi connectivity index (χ3v) is 3.07. The van der Waals surface area contributed by atoms with E-state index in [0.29, 0.717) is 13.1 Å². The third kappa shape index (κ3) is 2.73. The molecule has 0 saturated carbocycles. The molecule has 0 aliphatic carbocycles. The van der Waals surface area contributed by atoms with Gasteiger partial charge in [0.25, 0.3) is 0 Å². The third-order valence-electron chi connectivity index (χ3n) is 3.07. The highest BCUT2D eigenvalue weighted by molar-refractivity contribution is 5.37. The molecule has 2 heterocycles. The normalized spacial score (nSPS) is 17.3. The molecule has 2 aromatic rings. The van der Waals surface area contributed by atoms with E-state index in [-0.39, 0.29) is 11.9 Å². The molecular formula is C13H15FN4O. The van der Waals surface area contributed by atoms with Gasteiger partial charge in [0.2, 0.25) is 0 Å². The van der Waals surface area contributed by atoms with Crippen LogP contribution in [0.2, 0.25) is 0 Å². The van der Waals surface area contributed by atoms with Crippen LogP contribution in [0, 0.1) is 5.82 Å². The van der Waals surface area contributed by atoms with Gasteiger partial charge in [-0.1, -0.05) is 0 Å². The number of halogens is 1. The van der Waals surface area contributed by atoms with Crippen LogP contribution >= 0.6 is 0 Å². The molecule has 0 spiro atoms. The molecule has 0 radical (unpaired) electrons. The van der Waals surface area contributed by atoms with Gasteiger partial charge < -0.3 is 10.1 Å². The summed E-state index contributed by atoms with van der Waals surface area (Å²) in [5, 5.41) is 7.43. The summed E-state index contributed by atoms with van der Waals surface area (Å²) in [5.41, 5.74) is 0.933. The van der Waals surface area contributed by atoms with Crippen molar-refractivity contribution < 1.29 is 9.13 Å². The maximum atomic E-state index is 13.1. The van der Waals surface area contributed by atoms with Crippen molar-refractivity contribution in [2.45, 2.75) is 19.1 Å². The van der Waals surface area contributed by atoms with Gasteiger partial charge in [-0.3, -0.25) is 4.68 Å². The molecule has 5 nitrogen and oxygen atoms in total. The first-order valence-corrected chi connectivity index (χ1v) is 6.21. The van der Waals surface area contributed by atoms with E-state index in [1.165, 1.54) is 12.1 Å². The Balaban J connectivity index is 1.51. The van der Waals surface area contributed by atoms with Gasteiger partial charge in [-0.2, -0.15) is 5.10 Å². The zero-order valence-corrected chi connectivity index (χ0v) is 10.6. The minimum absolute atomic E-state index is 0.0421. The average molecular weight is 262 g/mol. The summed E-state index contributed by atoms with van der Waals surface area (Å²) < 4.78 is 20.5. The van der Waals surface area contributed by atoms with E-state index in [4.69, 9.17) is 4.74 Å². The van der Waals surface area contributed by atoms with Crippen LogP contribution in [0.3, 0.4) is 0 Å². The predicted molar refractivity (Wildman–Crippen MR) is 67.2 cm³/mol.